The van der Waals surface area contributed by atoms with Crippen LogP contribution in [-0.4, -0.2) is 16.4 Å². The second kappa shape index (κ2) is 6.51. The SMILES string of the molecule is Cc1nc(-c2cccs2)ccc1C(=O)NC1(C#N)CCCCC1. The molecule has 4 nitrogen and oxygen atoms in total. The molecule has 0 aromatic carbocycles. The summed E-state index contributed by atoms with van der Waals surface area (Å²) in [5.41, 5.74) is 1.40. The zero-order valence-corrected chi connectivity index (χ0v) is 13.9. The van der Waals surface area contributed by atoms with Gasteiger partial charge in [-0.15, -0.1) is 11.3 Å². The number of thiophene rings is 1. The van der Waals surface area contributed by atoms with Gasteiger partial charge in [0.2, 0.25) is 0 Å². The minimum atomic E-state index is -0.714. The Morgan fingerprint density at radius 1 is 1.30 bits per heavy atom. The minimum Gasteiger partial charge on any atom is -0.334 e. The van der Waals surface area contributed by atoms with Crippen LogP contribution in [0.25, 0.3) is 10.6 Å². The van der Waals surface area contributed by atoms with Crippen molar-refractivity contribution in [1.82, 2.24) is 10.3 Å². The molecule has 0 unspecified atom stereocenters. The largest absolute Gasteiger partial charge is 0.334 e. The van der Waals surface area contributed by atoms with Crippen molar-refractivity contribution in [1.29, 1.82) is 5.26 Å². The van der Waals surface area contributed by atoms with E-state index >= 15 is 0 Å². The summed E-state index contributed by atoms with van der Waals surface area (Å²) in [5, 5.41) is 14.5. The van der Waals surface area contributed by atoms with Crippen LogP contribution in [0.4, 0.5) is 0 Å². The number of aryl methyl sites for hydroxylation is 1. The monoisotopic (exact) mass is 325 g/mol. The number of nitriles is 1. The van der Waals surface area contributed by atoms with Gasteiger partial charge in [-0.05, 0) is 43.3 Å². The van der Waals surface area contributed by atoms with E-state index in [1.165, 1.54) is 0 Å². The van der Waals surface area contributed by atoms with E-state index in [1.807, 2.05) is 30.5 Å². The van der Waals surface area contributed by atoms with E-state index in [0.717, 1.165) is 42.7 Å². The number of aromatic nitrogens is 1. The molecule has 1 aliphatic carbocycles. The second-order valence-electron chi connectivity index (χ2n) is 6.02. The van der Waals surface area contributed by atoms with Crippen molar-refractivity contribution in [2.75, 3.05) is 0 Å². The number of pyridine rings is 1. The number of nitrogens with one attached hydrogen (secondary N) is 1. The van der Waals surface area contributed by atoms with E-state index in [1.54, 1.807) is 17.4 Å². The number of carbonyl (C=O) groups is 1. The van der Waals surface area contributed by atoms with Crippen molar-refractivity contribution >= 4 is 17.2 Å². The van der Waals surface area contributed by atoms with Gasteiger partial charge in [-0.2, -0.15) is 5.26 Å². The fourth-order valence-corrected chi connectivity index (χ4v) is 3.76. The van der Waals surface area contributed by atoms with Crippen LogP contribution in [-0.2, 0) is 0 Å². The highest BCUT2D eigenvalue weighted by molar-refractivity contribution is 7.13. The Morgan fingerprint density at radius 3 is 2.70 bits per heavy atom. The summed E-state index contributed by atoms with van der Waals surface area (Å²) in [4.78, 5) is 18.2. The molecular weight excluding hydrogens is 306 g/mol. The molecule has 0 aliphatic heterocycles. The van der Waals surface area contributed by atoms with Crippen LogP contribution in [0.15, 0.2) is 29.6 Å². The summed E-state index contributed by atoms with van der Waals surface area (Å²) in [5.74, 6) is -0.198. The summed E-state index contributed by atoms with van der Waals surface area (Å²) in [6, 6.07) is 9.99. The van der Waals surface area contributed by atoms with Gasteiger partial charge >= 0.3 is 0 Å². The van der Waals surface area contributed by atoms with E-state index in [2.05, 4.69) is 16.4 Å². The first-order valence-corrected chi connectivity index (χ1v) is 8.77. The third kappa shape index (κ3) is 3.27. The molecule has 1 amide bonds. The number of hydrogen-bond donors (Lipinski definition) is 1. The normalized spacial score (nSPS) is 16.5. The van der Waals surface area contributed by atoms with Gasteiger partial charge < -0.3 is 5.32 Å². The Morgan fingerprint density at radius 2 is 2.09 bits per heavy atom. The van der Waals surface area contributed by atoms with E-state index in [9.17, 15) is 10.1 Å². The summed E-state index contributed by atoms with van der Waals surface area (Å²) >= 11 is 1.62. The lowest BCUT2D eigenvalue weighted by atomic mass is 9.82. The number of hydrogen-bond acceptors (Lipinski definition) is 4. The first-order valence-electron chi connectivity index (χ1n) is 7.89. The third-order valence-corrected chi connectivity index (χ3v) is 5.27. The number of rotatable bonds is 3. The molecule has 1 aliphatic rings. The molecule has 23 heavy (non-hydrogen) atoms. The van der Waals surface area contributed by atoms with Crippen LogP contribution >= 0.6 is 11.3 Å². The van der Waals surface area contributed by atoms with Crippen LogP contribution < -0.4 is 5.32 Å². The molecule has 5 heteroatoms. The highest BCUT2D eigenvalue weighted by Gasteiger charge is 2.34. The predicted molar refractivity (Wildman–Crippen MR) is 91.2 cm³/mol. The number of amides is 1. The van der Waals surface area contributed by atoms with Crippen molar-refractivity contribution < 1.29 is 4.79 Å². The van der Waals surface area contributed by atoms with Gasteiger partial charge in [0.15, 0.2) is 0 Å². The van der Waals surface area contributed by atoms with Gasteiger partial charge in [0.1, 0.15) is 5.54 Å². The summed E-state index contributed by atoms with van der Waals surface area (Å²) in [6.07, 6.45) is 4.57. The standard InChI is InChI=1S/C18H19N3OS/c1-13-14(7-8-15(20-13)16-6-5-11-23-16)17(22)21-18(12-19)9-3-2-4-10-18/h5-8,11H,2-4,9-10H2,1H3,(H,21,22). The van der Waals surface area contributed by atoms with E-state index < -0.39 is 5.54 Å². The van der Waals surface area contributed by atoms with E-state index in [-0.39, 0.29) is 5.91 Å². The van der Waals surface area contributed by atoms with Crippen molar-refractivity contribution in [3.8, 4) is 16.6 Å². The first kappa shape index (κ1) is 15.7. The van der Waals surface area contributed by atoms with Crippen molar-refractivity contribution in [3.05, 3.63) is 40.9 Å². The predicted octanol–water partition coefficient (Wildman–Crippen LogP) is 4.07. The van der Waals surface area contributed by atoms with Crippen LogP contribution in [0.2, 0.25) is 0 Å². The molecular formula is C18H19N3OS. The van der Waals surface area contributed by atoms with Gasteiger partial charge in [0.25, 0.3) is 5.91 Å². The Kier molecular flexibility index (Phi) is 4.44. The summed E-state index contributed by atoms with van der Waals surface area (Å²) in [7, 11) is 0. The molecule has 0 bridgehead atoms. The second-order valence-corrected chi connectivity index (χ2v) is 6.96. The Balaban J connectivity index is 1.81. The van der Waals surface area contributed by atoms with E-state index in [0.29, 0.717) is 11.3 Å². The molecule has 1 fully saturated rings. The molecule has 3 rings (SSSR count). The Hall–Kier alpha value is -2.19. The molecule has 1 saturated carbocycles. The molecule has 2 aromatic heterocycles. The van der Waals surface area contributed by atoms with Crippen LogP contribution in [0.3, 0.4) is 0 Å². The Bertz CT molecular complexity index is 740. The molecule has 0 spiro atoms. The van der Waals surface area contributed by atoms with Crippen LogP contribution in [0, 0.1) is 18.3 Å². The summed E-state index contributed by atoms with van der Waals surface area (Å²) < 4.78 is 0. The molecule has 1 N–H and O–H groups in total. The highest BCUT2D eigenvalue weighted by atomic mass is 32.1. The lowest BCUT2D eigenvalue weighted by Gasteiger charge is -2.31. The zero-order valence-electron chi connectivity index (χ0n) is 13.1. The van der Waals surface area contributed by atoms with Gasteiger partial charge in [-0.3, -0.25) is 9.78 Å². The van der Waals surface area contributed by atoms with Gasteiger partial charge in [0.05, 0.1) is 27.9 Å². The Labute approximate surface area is 140 Å². The molecule has 118 valence electrons. The van der Waals surface area contributed by atoms with E-state index in [4.69, 9.17) is 0 Å². The molecule has 0 radical (unpaired) electrons. The maximum Gasteiger partial charge on any atom is 0.254 e. The average Bonchev–Trinajstić information content (AvgIpc) is 3.10. The molecule has 0 saturated heterocycles. The highest BCUT2D eigenvalue weighted by Crippen LogP contribution is 2.28. The topological polar surface area (TPSA) is 65.8 Å². The minimum absolute atomic E-state index is 0.198. The maximum absolute atomic E-state index is 12.6. The van der Waals surface area contributed by atoms with Gasteiger partial charge in [0, 0.05) is 0 Å². The number of carbonyl (C=O) groups excluding carboxylic acids is 1. The smallest absolute Gasteiger partial charge is 0.254 e. The van der Waals surface area contributed by atoms with Gasteiger partial charge in [-0.1, -0.05) is 25.3 Å². The average molecular weight is 325 g/mol. The summed E-state index contributed by atoms with van der Waals surface area (Å²) in [6.45, 7) is 1.84. The maximum atomic E-state index is 12.6. The van der Waals surface area contributed by atoms with Crippen LogP contribution in [0.1, 0.15) is 48.2 Å². The van der Waals surface area contributed by atoms with Crippen molar-refractivity contribution in [2.45, 2.75) is 44.6 Å². The molecule has 2 aromatic rings. The number of nitrogens with zero attached hydrogens (tertiary/aromatic N) is 2. The van der Waals surface area contributed by atoms with Crippen LogP contribution in [0.5, 0.6) is 0 Å². The lowest BCUT2D eigenvalue weighted by molar-refractivity contribution is 0.0901. The quantitative estimate of drug-likeness (QED) is 0.925. The molecule has 0 atom stereocenters. The van der Waals surface area contributed by atoms with Crippen molar-refractivity contribution in [2.24, 2.45) is 0 Å². The lowest BCUT2D eigenvalue weighted by Crippen LogP contribution is -2.48. The third-order valence-electron chi connectivity index (χ3n) is 4.38. The molecule has 2 heterocycles. The van der Waals surface area contributed by atoms with Crippen molar-refractivity contribution in [3.63, 3.8) is 0 Å². The first-order chi connectivity index (χ1) is 11.1. The van der Waals surface area contributed by atoms with Gasteiger partial charge in [-0.25, -0.2) is 0 Å². The fourth-order valence-electron chi connectivity index (χ4n) is 3.07. The fraction of sp³-hybridized carbons (Fsp3) is 0.389. The zero-order chi connectivity index (χ0) is 16.3.